The van der Waals surface area contributed by atoms with E-state index < -0.39 is 216 Å². The molecule has 68 heavy (non-hydrogen) atoms. The maximum Gasteiger partial charge on any atom is 0.364 e. The highest BCUT2D eigenvalue weighted by Crippen LogP contribution is 2.38. The molecule has 3 aliphatic heterocycles. The van der Waals surface area contributed by atoms with Gasteiger partial charge < -0.3 is 136 Å². The first-order chi connectivity index (χ1) is 31.8. The predicted molar refractivity (Wildman–Crippen MR) is 208 cm³/mol. The number of hydrogen-bond acceptors (Lipinski definition) is 27. The van der Waals surface area contributed by atoms with Gasteiger partial charge in [0.2, 0.25) is 17.7 Å². The van der Waals surface area contributed by atoms with Crippen LogP contribution < -0.4 is 16.0 Å². The summed E-state index contributed by atoms with van der Waals surface area (Å²) in [6, 6.07) is -5.62. The molecule has 3 fully saturated rings. The van der Waals surface area contributed by atoms with Crippen molar-refractivity contribution in [3.63, 3.8) is 0 Å². The molecule has 3 rings (SSSR count). The van der Waals surface area contributed by atoms with Gasteiger partial charge in [0.25, 0.3) is 11.6 Å². The standard InChI is InChI=1S/C36H61N3O29/c1-11(46)37-12(4-40)29(65-32-28(58)27(57)25(55)17(6-42)64-32)24(54)16(50)10-63-35(33(59)60)2-13(47)22(39-20(52)9-45)31(67-35)26(56)18(7-43)66-36(34(61)62)3-14(48)21(38-19(51)8-44)30(68-36)23(53)15(49)5-41/h12-18,21-32,40-45,47-50,53-58H,2-10H2,1H3,(H,37,46)(H,38,51)(H,39,52)(H,59,60)(H,61,62)/t12-,13-,14-,15+,16+,17+,18+,21+,22+,23+,24-,25-,26+,27-,28+,29+,30+,31+,32-,35+,36+/m0/s1. The number of amides is 3. The summed E-state index contributed by atoms with van der Waals surface area (Å²) in [4.78, 5) is 62.3. The van der Waals surface area contributed by atoms with Gasteiger partial charge in [0.1, 0.15) is 92.6 Å². The fourth-order valence-electron chi connectivity index (χ4n) is 7.64. The van der Waals surface area contributed by atoms with Gasteiger partial charge in [-0.25, -0.2) is 9.59 Å². The SMILES string of the molecule is CC(=O)N[C@@H](CO)[C@@H](O[C@@H]1O[C@H](CO)[C@H](O)[C@H](O)[C@H]1O)[C@@H](O)[C@H](O)CO[C@]1(C(=O)O)C[C@H](O)[C@@H](NC(=O)CO)[C@H]([C@H](O)[C@@H](CO)O[C@]2(C(=O)O)C[C@H](O)[C@@H](NC(=O)CO)[C@H]([C@H](O)[C@H](O)CO)O2)O1. The molecule has 394 valence electrons. The smallest absolute Gasteiger partial charge is 0.364 e. The molecule has 0 bridgehead atoms. The number of carboxylic acids is 2. The lowest BCUT2D eigenvalue weighted by Gasteiger charge is -2.49. The molecule has 0 radical (unpaired) electrons. The lowest BCUT2D eigenvalue weighted by atomic mass is 9.87. The van der Waals surface area contributed by atoms with Crippen molar-refractivity contribution in [1.29, 1.82) is 0 Å². The molecule has 0 aromatic rings. The molecule has 32 nitrogen and oxygen atoms in total. The van der Waals surface area contributed by atoms with Crippen molar-refractivity contribution < 1.29 is 144 Å². The Labute approximate surface area is 383 Å². The van der Waals surface area contributed by atoms with E-state index in [0.29, 0.717) is 0 Å². The molecule has 0 saturated carbocycles. The van der Waals surface area contributed by atoms with Gasteiger partial charge in [-0.15, -0.1) is 0 Å². The Morgan fingerprint density at radius 1 is 0.676 bits per heavy atom. The molecule has 32 heteroatoms. The van der Waals surface area contributed by atoms with Crippen LogP contribution in [0.5, 0.6) is 0 Å². The predicted octanol–water partition coefficient (Wildman–Crippen LogP) is -13.3. The third kappa shape index (κ3) is 13.7. The maximum atomic E-state index is 13.0. The Hall–Kier alpha value is -3.53. The van der Waals surface area contributed by atoms with E-state index in [2.05, 4.69) is 5.32 Å². The minimum Gasteiger partial charge on any atom is -0.477 e. The molecular weight excluding hydrogens is 938 g/mol. The van der Waals surface area contributed by atoms with Crippen LogP contribution in [0.2, 0.25) is 0 Å². The van der Waals surface area contributed by atoms with Crippen molar-refractivity contribution in [2.24, 2.45) is 0 Å². The Kier molecular flexibility index (Phi) is 22.1. The Morgan fingerprint density at radius 2 is 1.19 bits per heavy atom. The zero-order chi connectivity index (χ0) is 51.6. The van der Waals surface area contributed by atoms with E-state index in [1.807, 2.05) is 10.6 Å². The molecule has 3 aliphatic rings. The van der Waals surface area contributed by atoms with Crippen LogP contribution in [0.15, 0.2) is 0 Å². The van der Waals surface area contributed by atoms with Gasteiger partial charge in [-0.3, -0.25) is 14.4 Å². The molecule has 0 aromatic heterocycles. The average molecular weight is 1000 g/mol. The van der Waals surface area contributed by atoms with Crippen molar-refractivity contribution in [1.82, 2.24) is 16.0 Å². The summed E-state index contributed by atoms with van der Waals surface area (Å²) >= 11 is 0. The number of ether oxygens (including phenoxy) is 6. The number of hydrogen-bond donors (Lipinski definition) is 21. The molecule has 0 aromatic carbocycles. The molecule has 3 heterocycles. The Bertz CT molecular complexity index is 1670. The highest BCUT2D eigenvalue weighted by Gasteiger charge is 2.60. The van der Waals surface area contributed by atoms with Crippen LogP contribution in [0.25, 0.3) is 0 Å². The van der Waals surface area contributed by atoms with Crippen molar-refractivity contribution in [3.8, 4) is 0 Å². The summed E-state index contributed by atoms with van der Waals surface area (Å²) in [5.41, 5.74) is 0. The van der Waals surface area contributed by atoms with Crippen LogP contribution in [0.4, 0.5) is 0 Å². The third-order valence-electron chi connectivity index (χ3n) is 11.2. The summed E-state index contributed by atoms with van der Waals surface area (Å²) in [7, 11) is 0. The fourth-order valence-corrected chi connectivity index (χ4v) is 7.64. The van der Waals surface area contributed by atoms with Crippen LogP contribution >= 0.6 is 0 Å². The summed E-state index contributed by atoms with van der Waals surface area (Å²) in [6.07, 6.45) is -38.0. The van der Waals surface area contributed by atoms with Gasteiger partial charge in [-0.05, 0) is 0 Å². The van der Waals surface area contributed by atoms with Crippen molar-refractivity contribution in [2.45, 2.75) is 147 Å². The molecular formula is C36H61N3O29. The van der Waals surface area contributed by atoms with Gasteiger partial charge >= 0.3 is 11.9 Å². The summed E-state index contributed by atoms with van der Waals surface area (Å²) in [5.74, 6) is -14.4. The minimum atomic E-state index is -3.33. The van der Waals surface area contributed by atoms with E-state index in [4.69, 9.17) is 28.4 Å². The van der Waals surface area contributed by atoms with Gasteiger partial charge in [-0.1, -0.05) is 0 Å². The maximum absolute atomic E-state index is 13.0. The van der Waals surface area contributed by atoms with Crippen LogP contribution in [0, 0.1) is 0 Å². The van der Waals surface area contributed by atoms with Gasteiger partial charge in [0.05, 0.1) is 63.4 Å². The Morgan fingerprint density at radius 3 is 1.65 bits per heavy atom. The first-order valence-corrected chi connectivity index (χ1v) is 20.6. The van der Waals surface area contributed by atoms with E-state index in [1.165, 1.54) is 0 Å². The number of aliphatic carboxylic acids is 2. The van der Waals surface area contributed by atoms with Crippen molar-refractivity contribution >= 4 is 29.7 Å². The van der Waals surface area contributed by atoms with Crippen LogP contribution in [0.1, 0.15) is 19.8 Å². The second kappa shape index (κ2) is 25.5. The molecule has 0 spiro atoms. The van der Waals surface area contributed by atoms with Crippen molar-refractivity contribution in [3.05, 3.63) is 0 Å². The normalized spacial score (nSPS) is 35.6. The van der Waals surface area contributed by atoms with Crippen molar-refractivity contribution in [2.75, 3.05) is 46.2 Å². The largest absolute Gasteiger partial charge is 0.477 e. The highest BCUT2D eigenvalue weighted by atomic mass is 16.8. The van der Waals surface area contributed by atoms with Crippen LogP contribution in [-0.4, -0.2) is 295 Å². The first-order valence-electron chi connectivity index (χ1n) is 20.6. The second-order valence-corrected chi connectivity index (χ2v) is 16.1. The molecule has 3 saturated heterocycles. The van der Waals surface area contributed by atoms with E-state index in [1.54, 1.807) is 0 Å². The lowest BCUT2D eigenvalue weighted by Crippen LogP contribution is -2.71. The number of aliphatic hydroxyl groups is 16. The molecule has 21 N–H and O–H groups in total. The van der Waals surface area contributed by atoms with Crippen LogP contribution in [-0.2, 0) is 52.4 Å². The average Bonchev–Trinajstić information content (AvgIpc) is 3.30. The van der Waals surface area contributed by atoms with Crippen LogP contribution in [0.3, 0.4) is 0 Å². The van der Waals surface area contributed by atoms with E-state index in [0.717, 1.165) is 6.92 Å². The summed E-state index contributed by atoms with van der Waals surface area (Å²) in [6.45, 7) is -7.73. The molecule has 0 aliphatic carbocycles. The third-order valence-corrected chi connectivity index (χ3v) is 11.2. The Balaban J connectivity index is 2.02. The van der Waals surface area contributed by atoms with E-state index in [9.17, 15) is 116 Å². The highest BCUT2D eigenvalue weighted by molar-refractivity contribution is 5.79. The quantitative estimate of drug-likeness (QED) is 0.0404. The zero-order valence-corrected chi connectivity index (χ0v) is 35.9. The molecule has 0 unspecified atom stereocenters. The van der Waals surface area contributed by atoms with Gasteiger partial charge in [0, 0.05) is 19.8 Å². The second-order valence-electron chi connectivity index (χ2n) is 16.1. The number of aliphatic hydroxyl groups excluding tert-OH is 16. The number of carboxylic acid groups (broad SMARTS) is 2. The number of carbonyl (C=O) groups is 5. The minimum absolute atomic E-state index is 0.870. The van der Waals surface area contributed by atoms with Gasteiger partial charge in [0.15, 0.2) is 6.29 Å². The number of carbonyl (C=O) groups excluding carboxylic acids is 3. The first kappa shape index (κ1) is 58.8. The summed E-state index contributed by atoms with van der Waals surface area (Å²) < 4.78 is 32.7. The monoisotopic (exact) mass is 999 g/mol. The lowest BCUT2D eigenvalue weighted by molar-refractivity contribution is -0.347. The number of rotatable bonds is 25. The van der Waals surface area contributed by atoms with E-state index >= 15 is 0 Å². The topological polar surface area (TPSA) is 541 Å². The van der Waals surface area contributed by atoms with Gasteiger partial charge in [-0.2, -0.15) is 0 Å². The molecule has 3 amide bonds. The summed E-state index contributed by atoms with van der Waals surface area (Å²) in [5, 5.41) is 194. The molecule has 21 atom stereocenters. The van der Waals surface area contributed by atoms with E-state index in [-0.39, 0.29) is 0 Å². The zero-order valence-electron chi connectivity index (χ0n) is 35.9. The number of nitrogens with one attached hydrogen (secondary N) is 3. The fraction of sp³-hybridized carbons (Fsp3) is 0.861.